The summed E-state index contributed by atoms with van der Waals surface area (Å²) < 4.78 is 10.2. The number of nitro groups is 1. The van der Waals surface area contributed by atoms with Crippen LogP contribution < -0.4 is 0 Å². The van der Waals surface area contributed by atoms with Gasteiger partial charge in [-0.1, -0.05) is 0 Å². The van der Waals surface area contributed by atoms with E-state index in [2.05, 4.69) is 0 Å². The Bertz CT molecular complexity index is 506. The van der Waals surface area contributed by atoms with E-state index in [1.165, 1.54) is 18.2 Å². The number of non-ortho nitro benzene ring substituents is 1. The summed E-state index contributed by atoms with van der Waals surface area (Å²) in [5, 5.41) is 10.6. The fraction of sp³-hybridized carbons (Fsp3) is 0.300. The lowest BCUT2D eigenvalue weighted by Gasteiger charge is -2.21. The van der Waals surface area contributed by atoms with Crippen molar-refractivity contribution in [3.63, 3.8) is 0 Å². The van der Waals surface area contributed by atoms with E-state index in [-0.39, 0.29) is 12.3 Å². The Balaban J connectivity index is 2.18. The number of carbonyl (C=O) groups excluding carboxylic acids is 1. The smallest absolute Gasteiger partial charge is 0.338 e. The second-order valence-electron chi connectivity index (χ2n) is 3.85. The molecule has 0 saturated carbocycles. The fourth-order valence-corrected chi connectivity index (χ4v) is 1.86. The van der Waals surface area contributed by atoms with Crippen molar-refractivity contribution in [2.45, 2.75) is 5.60 Å². The molecule has 0 aromatic heterocycles. The summed E-state index contributed by atoms with van der Waals surface area (Å²) >= 11 is 0. The number of epoxide rings is 1. The summed E-state index contributed by atoms with van der Waals surface area (Å²) in [4.78, 5) is 21.6. The molecule has 1 spiro atoms. The predicted octanol–water partition coefficient (Wildman–Crippen LogP) is 0.991. The van der Waals surface area contributed by atoms with E-state index < -0.39 is 16.5 Å². The summed E-state index contributed by atoms with van der Waals surface area (Å²) in [5.74, 6) is -0.453. The molecule has 2 heterocycles. The van der Waals surface area contributed by atoms with Crippen LogP contribution in [0.25, 0.3) is 0 Å². The van der Waals surface area contributed by atoms with E-state index >= 15 is 0 Å². The Labute approximate surface area is 89.9 Å². The molecule has 16 heavy (non-hydrogen) atoms. The van der Waals surface area contributed by atoms with Crippen molar-refractivity contribution in [3.05, 3.63) is 39.4 Å². The largest absolute Gasteiger partial charge is 0.459 e. The van der Waals surface area contributed by atoms with Crippen LogP contribution in [-0.2, 0) is 15.1 Å². The van der Waals surface area contributed by atoms with Gasteiger partial charge in [0.25, 0.3) is 5.69 Å². The Morgan fingerprint density at radius 3 is 2.75 bits per heavy atom. The first-order valence-corrected chi connectivity index (χ1v) is 4.72. The predicted molar refractivity (Wildman–Crippen MR) is 51.0 cm³/mol. The van der Waals surface area contributed by atoms with E-state index in [1.54, 1.807) is 0 Å². The molecule has 1 unspecified atom stereocenters. The van der Waals surface area contributed by atoms with Crippen molar-refractivity contribution in [1.29, 1.82) is 0 Å². The van der Waals surface area contributed by atoms with Gasteiger partial charge >= 0.3 is 5.97 Å². The molecule has 82 valence electrons. The standard InChI is InChI=1S/C10H7NO5/c12-9-7-2-1-6(11(13)14)3-8(7)10(4-15-9)5-16-10/h1-3H,4-5H2. The number of nitrogens with zero attached hydrogens (tertiary/aromatic N) is 1. The Morgan fingerprint density at radius 2 is 2.12 bits per heavy atom. The average Bonchev–Trinajstić information content (AvgIpc) is 3.05. The first-order valence-electron chi connectivity index (χ1n) is 4.72. The van der Waals surface area contributed by atoms with Gasteiger partial charge in [0.15, 0.2) is 5.60 Å². The van der Waals surface area contributed by atoms with Crippen molar-refractivity contribution in [2.24, 2.45) is 0 Å². The lowest BCUT2D eigenvalue weighted by Crippen LogP contribution is -2.29. The molecule has 1 saturated heterocycles. The number of nitro benzene ring substituents is 1. The number of carbonyl (C=O) groups is 1. The van der Waals surface area contributed by atoms with Gasteiger partial charge in [-0.3, -0.25) is 10.1 Å². The van der Waals surface area contributed by atoms with Crippen molar-refractivity contribution in [1.82, 2.24) is 0 Å². The van der Waals surface area contributed by atoms with Crippen LogP contribution >= 0.6 is 0 Å². The number of esters is 1. The molecule has 2 aliphatic heterocycles. The third kappa shape index (κ3) is 1.13. The highest BCUT2D eigenvalue weighted by atomic mass is 16.6. The summed E-state index contributed by atoms with van der Waals surface area (Å²) in [6, 6.07) is 4.10. The topological polar surface area (TPSA) is 82.0 Å². The van der Waals surface area contributed by atoms with Crippen LogP contribution in [0, 0.1) is 10.1 Å². The molecule has 1 aromatic rings. The van der Waals surface area contributed by atoms with Crippen molar-refractivity contribution in [3.8, 4) is 0 Å². The lowest BCUT2D eigenvalue weighted by atomic mass is 9.92. The van der Waals surface area contributed by atoms with Crippen molar-refractivity contribution >= 4 is 11.7 Å². The highest BCUT2D eigenvalue weighted by Crippen LogP contribution is 2.44. The highest BCUT2D eigenvalue weighted by Gasteiger charge is 2.53. The van der Waals surface area contributed by atoms with Crippen LogP contribution in [0.15, 0.2) is 18.2 Å². The minimum absolute atomic E-state index is 0.0386. The van der Waals surface area contributed by atoms with Gasteiger partial charge < -0.3 is 9.47 Å². The van der Waals surface area contributed by atoms with E-state index in [1.807, 2.05) is 0 Å². The molecule has 0 radical (unpaired) electrons. The molecule has 0 aliphatic carbocycles. The second-order valence-corrected chi connectivity index (χ2v) is 3.85. The zero-order chi connectivity index (χ0) is 11.3. The third-order valence-corrected chi connectivity index (χ3v) is 2.85. The molecule has 2 aliphatic rings. The molecular formula is C10H7NO5. The zero-order valence-corrected chi connectivity index (χ0v) is 8.13. The third-order valence-electron chi connectivity index (χ3n) is 2.85. The molecule has 0 bridgehead atoms. The van der Waals surface area contributed by atoms with E-state index in [9.17, 15) is 14.9 Å². The number of fused-ring (bicyclic) bond motifs is 2. The van der Waals surface area contributed by atoms with Crippen LogP contribution in [-0.4, -0.2) is 24.1 Å². The van der Waals surface area contributed by atoms with Crippen molar-refractivity contribution in [2.75, 3.05) is 13.2 Å². The first kappa shape index (κ1) is 9.29. The monoisotopic (exact) mass is 221 g/mol. The first-order chi connectivity index (χ1) is 7.62. The van der Waals surface area contributed by atoms with Crippen LogP contribution in [0.4, 0.5) is 5.69 Å². The summed E-state index contributed by atoms with van der Waals surface area (Å²) in [6.45, 7) is 0.578. The molecule has 3 rings (SSSR count). The molecule has 6 heteroatoms. The summed E-state index contributed by atoms with van der Waals surface area (Å²) in [5.41, 5.74) is 0.255. The van der Waals surface area contributed by atoms with Gasteiger partial charge in [-0.05, 0) is 6.07 Å². The Morgan fingerprint density at radius 1 is 1.38 bits per heavy atom. The molecule has 0 amide bonds. The Kier molecular flexibility index (Phi) is 1.62. The maximum Gasteiger partial charge on any atom is 0.338 e. The van der Waals surface area contributed by atoms with Crippen molar-refractivity contribution < 1.29 is 19.2 Å². The van der Waals surface area contributed by atoms with E-state index in [4.69, 9.17) is 9.47 Å². The SMILES string of the molecule is O=C1OCC2(CO2)c2cc([N+](=O)[O-])ccc21. The van der Waals surface area contributed by atoms with Gasteiger partial charge in [-0.15, -0.1) is 0 Å². The number of hydrogen-bond acceptors (Lipinski definition) is 5. The van der Waals surface area contributed by atoms with Crippen LogP contribution in [0.2, 0.25) is 0 Å². The van der Waals surface area contributed by atoms with Gasteiger partial charge in [-0.25, -0.2) is 4.79 Å². The van der Waals surface area contributed by atoms with E-state index in [0.29, 0.717) is 17.7 Å². The van der Waals surface area contributed by atoms with Gasteiger partial charge in [0.2, 0.25) is 0 Å². The quantitative estimate of drug-likeness (QED) is 0.305. The number of cyclic esters (lactones) is 1. The average molecular weight is 221 g/mol. The summed E-state index contributed by atoms with van der Waals surface area (Å²) in [6.07, 6.45) is 0. The van der Waals surface area contributed by atoms with Crippen LogP contribution in [0.3, 0.4) is 0 Å². The second kappa shape index (κ2) is 2.79. The van der Waals surface area contributed by atoms with Gasteiger partial charge in [0, 0.05) is 17.7 Å². The molecule has 1 atom stereocenters. The van der Waals surface area contributed by atoms with Gasteiger partial charge in [0.1, 0.15) is 6.61 Å². The van der Waals surface area contributed by atoms with Gasteiger partial charge in [-0.2, -0.15) is 0 Å². The summed E-state index contributed by atoms with van der Waals surface area (Å²) in [7, 11) is 0. The minimum Gasteiger partial charge on any atom is -0.459 e. The van der Waals surface area contributed by atoms with Gasteiger partial charge in [0.05, 0.1) is 17.1 Å². The van der Waals surface area contributed by atoms with Crippen LogP contribution in [0.1, 0.15) is 15.9 Å². The fourth-order valence-electron chi connectivity index (χ4n) is 1.86. The highest BCUT2D eigenvalue weighted by molar-refractivity contribution is 5.93. The normalized spacial score (nSPS) is 26.1. The molecule has 0 N–H and O–H groups in total. The number of hydrogen-bond donors (Lipinski definition) is 0. The maximum atomic E-state index is 11.4. The Hall–Kier alpha value is -1.95. The molecule has 1 aromatic carbocycles. The molecular weight excluding hydrogens is 214 g/mol. The number of ether oxygens (including phenoxy) is 2. The maximum absolute atomic E-state index is 11.4. The molecule has 6 nitrogen and oxygen atoms in total. The lowest BCUT2D eigenvalue weighted by molar-refractivity contribution is -0.385. The molecule has 1 fully saturated rings. The number of benzene rings is 1. The number of rotatable bonds is 1. The minimum atomic E-state index is -0.630. The zero-order valence-electron chi connectivity index (χ0n) is 8.13. The van der Waals surface area contributed by atoms with Crippen LogP contribution in [0.5, 0.6) is 0 Å². The van der Waals surface area contributed by atoms with E-state index in [0.717, 1.165) is 0 Å².